The van der Waals surface area contributed by atoms with Crippen LogP contribution in [0.4, 0.5) is 0 Å². The molecule has 1 rings (SSSR count). The lowest BCUT2D eigenvalue weighted by Gasteiger charge is -2.01. The molecule has 0 amide bonds. The van der Waals surface area contributed by atoms with Crippen LogP contribution in [-0.4, -0.2) is 17.6 Å². The molecule has 0 saturated heterocycles. The summed E-state index contributed by atoms with van der Waals surface area (Å²) in [5.74, 6) is -0.581. The number of halogens is 1. The van der Waals surface area contributed by atoms with Gasteiger partial charge in [-0.15, -0.1) is 0 Å². The molecule has 5 heteroatoms. The second kappa shape index (κ2) is 4.09. The lowest BCUT2D eigenvalue weighted by atomic mass is 10.3. The van der Waals surface area contributed by atoms with Crippen LogP contribution in [-0.2, 0) is 4.74 Å². The third kappa shape index (κ3) is 2.59. The number of hydrogen-bond acceptors (Lipinski definition) is 3. The molecule has 0 aromatic carbocycles. The van der Waals surface area contributed by atoms with Crippen LogP contribution < -0.4 is 5.43 Å². The van der Waals surface area contributed by atoms with Gasteiger partial charge in [0.1, 0.15) is 10.8 Å². The predicted molar refractivity (Wildman–Crippen MR) is 48.0 cm³/mol. The van der Waals surface area contributed by atoms with E-state index in [4.69, 9.17) is 11.6 Å². The van der Waals surface area contributed by atoms with Gasteiger partial charge in [-0.2, -0.15) is 0 Å². The van der Waals surface area contributed by atoms with E-state index in [1.165, 1.54) is 6.07 Å². The molecule has 1 aromatic heterocycles. The standard InChI is InChI=1S/C8H8ClNO3/c1-2-13-8(12)6-3-5(11)4-7(9)10-6/h3-4H,2H2,1H3,(H,10,11). The van der Waals surface area contributed by atoms with Crippen molar-refractivity contribution in [3.05, 3.63) is 33.2 Å². The van der Waals surface area contributed by atoms with Crippen molar-refractivity contribution in [1.29, 1.82) is 0 Å². The highest BCUT2D eigenvalue weighted by Crippen LogP contribution is 2.02. The Morgan fingerprint density at radius 2 is 2.31 bits per heavy atom. The molecule has 13 heavy (non-hydrogen) atoms. The van der Waals surface area contributed by atoms with Gasteiger partial charge < -0.3 is 9.72 Å². The van der Waals surface area contributed by atoms with E-state index < -0.39 is 5.97 Å². The summed E-state index contributed by atoms with van der Waals surface area (Å²) in [6.45, 7) is 1.94. The van der Waals surface area contributed by atoms with Gasteiger partial charge >= 0.3 is 5.97 Å². The van der Waals surface area contributed by atoms with E-state index in [1.807, 2.05) is 0 Å². The fourth-order valence-electron chi connectivity index (χ4n) is 0.828. The second-order valence-corrected chi connectivity index (χ2v) is 2.71. The lowest BCUT2D eigenvalue weighted by molar-refractivity contribution is 0.0519. The van der Waals surface area contributed by atoms with Crippen LogP contribution in [0.15, 0.2) is 16.9 Å². The second-order valence-electron chi connectivity index (χ2n) is 2.30. The SMILES string of the molecule is CCOC(=O)c1cc(=O)cc(Cl)[nH]1. The van der Waals surface area contributed by atoms with Crippen molar-refractivity contribution in [3.63, 3.8) is 0 Å². The van der Waals surface area contributed by atoms with Crippen molar-refractivity contribution in [2.24, 2.45) is 0 Å². The molecule has 0 spiro atoms. The molecular weight excluding hydrogens is 194 g/mol. The molecule has 0 atom stereocenters. The van der Waals surface area contributed by atoms with Gasteiger partial charge in [-0.05, 0) is 6.92 Å². The minimum atomic E-state index is -0.581. The Labute approximate surface area is 79.5 Å². The Hall–Kier alpha value is -1.29. The zero-order chi connectivity index (χ0) is 9.84. The van der Waals surface area contributed by atoms with Crippen molar-refractivity contribution in [3.8, 4) is 0 Å². The maximum Gasteiger partial charge on any atom is 0.354 e. The molecule has 70 valence electrons. The van der Waals surface area contributed by atoms with Crippen molar-refractivity contribution in [2.75, 3.05) is 6.61 Å². The van der Waals surface area contributed by atoms with E-state index in [9.17, 15) is 9.59 Å². The number of nitrogens with one attached hydrogen (secondary N) is 1. The van der Waals surface area contributed by atoms with Crippen LogP contribution in [0, 0.1) is 0 Å². The van der Waals surface area contributed by atoms with Crippen LogP contribution in [0.25, 0.3) is 0 Å². The molecule has 0 unspecified atom stereocenters. The monoisotopic (exact) mass is 201 g/mol. The van der Waals surface area contributed by atoms with Crippen LogP contribution in [0.2, 0.25) is 5.15 Å². The highest BCUT2D eigenvalue weighted by atomic mass is 35.5. The molecule has 0 saturated carbocycles. The van der Waals surface area contributed by atoms with Crippen molar-refractivity contribution in [1.82, 2.24) is 4.98 Å². The van der Waals surface area contributed by atoms with E-state index in [0.717, 1.165) is 6.07 Å². The Morgan fingerprint density at radius 1 is 1.62 bits per heavy atom. The highest BCUT2D eigenvalue weighted by Gasteiger charge is 2.07. The molecule has 0 bridgehead atoms. The summed E-state index contributed by atoms with van der Waals surface area (Å²) in [4.78, 5) is 24.5. The van der Waals surface area contributed by atoms with Gasteiger partial charge in [-0.3, -0.25) is 4.79 Å². The summed E-state index contributed by atoms with van der Waals surface area (Å²) in [7, 11) is 0. The smallest absolute Gasteiger partial charge is 0.354 e. The predicted octanol–water partition coefficient (Wildman–Crippen LogP) is 1.20. The van der Waals surface area contributed by atoms with E-state index in [2.05, 4.69) is 9.72 Å². The fourth-order valence-corrected chi connectivity index (χ4v) is 1.04. The third-order valence-electron chi connectivity index (χ3n) is 1.31. The highest BCUT2D eigenvalue weighted by molar-refractivity contribution is 6.29. The van der Waals surface area contributed by atoms with E-state index in [0.29, 0.717) is 0 Å². The number of rotatable bonds is 2. The molecule has 1 heterocycles. The lowest BCUT2D eigenvalue weighted by Crippen LogP contribution is -2.11. The largest absolute Gasteiger partial charge is 0.461 e. The van der Waals surface area contributed by atoms with Gasteiger partial charge in [-0.1, -0.05) is 11.6 Å². The summed E-state index contributed by atoms with van der Waals surface area (Å²) in [6.07, 6.45) is 0. The number of carbonyl (C=O) groups excluding carboxylic acids is 1. The van der Waals surface area contributed by atoms with Gasteiger partial charge in [0, 0.05) is 12.1 Å². The maximum atomic E-state index is 11.1. The number of H-pyrrole nitrogens is 1. The summed E-state index contributed by atoms with van der Waals surface area (Å²) in [6, 6.07) is 2.33. The first-order chi connectivity index (χ1) is 6.13. The molecular formula is C8H8ClNO3. The third-order valence-corrected chi connectivity index (χ3v) is 1.51. The normalized spacial score (nSPS) is 9.69. The quantitative estimate of drug-likeness (QED) is 0.578. The Morgan fingerprint density at radius 3 is 2.85 bits per heavy atom. The number of pyridine rings is 1. The summed E-state index contributed by atoms with van der Waals surface area (Å²) < 4.78 is 4.67. The zero-order valence-electron chi connectivity index (χ0n) is 6.96. The number of aromatic amines is 1. The summed E-state index contributed by atoms with van der Waals surface area (Å²) in [5, 5.41) is 0.121. The van der Waals surface area contributed by atoms with Crippen molar-refractivity contribution < 1.29 is 9.53 Å². The molecule has 1 N–H and O–H groups in total. The minimum Gasteiger partial charge on any atom is -0.461 e. The molecule has 0 aliphatic rings. The van der Waals surface area contributed by atoms with E-state index in [1.54, 1.807) is 6.92 Å². The minimum absolute atomic E-state index is 0.0688. The Balaban J connectivity index is 3.01. The molecule has 0 fully saturated rings. The number of esters is 1. The molecule has 0 aliphatic carbocycles. The summed E-state index contributed by atoms with van der Waals surface area (Å²) >= 11 is 5.53. The maximum absolute atomic E-state index is 11.1. The van der Waals surface area contributed by atoms with Gasteiger partial charge in [0.25, 0.3) is 0 Å². The van der Waals surface area contributed by atoms with Gasteiger partial charge in [0.2, 0.25) is 0 Å². The topological polar surface area (TPSA) is 59.2 Å². The van der Waals surface area contributed by atoms with Gasteiger partial charge in [0.05, 0.1) is 6.61 Å². The molecule has 0 aliphatic heterocycles. The van der Waals surface area contributed by atoms with Crippen LogP contribution >= 0.6 is 11.6 Å². The van der Waals surface area contributed by atoms with Crippen molar-refractivity contribution >= 4 is 17.6 Å². The van der Waals surface area contributed by atoms with E-state index >= 15 is 0 Å². The number of hydrogen-bond donors (Lipinski definition) is 1. The first-order valence-corrected chi connectivity index (χ1v) is 4.08. The Kier molecular flexibility index (Phi) is 3.08. The number of ether oxygens (including phenoxy) is 1. The first-order valence-electron chi connectivity index (χ1n) is 3.70. The number of carbonyl (C=O) groups is 1. The molecule has 4 nitrogen and oxygen atoms in total. The molecule has 0 radical (unpaired) electrons. The number of aromatic nitrogens is 1. The van der Waals surface area contributed by atoms with Crippen LogP contribution in [0.3, 0.4) is 0 Å². The average Bonchev–Trinajstić information content (AvgIpc) is 2.03. The van der Waals surface area contributed by atoms with Crippen molar-refractivity contribution in [2.45, 2.75) is 6.92 Å². The fraction of sp³-hybridized carbons (Fsp3) is 0.250. The summed E-state index contributed by atoms with van der Waals surface area (Å²) in [5.41, 5.74) is -0.258. The average molecular weight is 202 g/mol. The van der Waals surface area contributed by atoms with Crippen LogP contribution in [0.1, 0.15) is 17.4 Å². The Bertz CT molecular complexity index is 372. The first kappa shape index (κ1) is 9.80. The van der Waals surface area contributed by atoms with Gasteiger partial charge in [0.15, 0.2) is 5.43 Å². The van der Waals surface area contributed by atoms with Gasteiger partial charge in [-0.25, -0.2) is 4.79 Å². The molecule has 1 aromatic rings. The van der Waals surface area contributed by atoms with Crippen LogP contribution in [0.5, 0.6) is 0 Å². The zero-order valence-corrected chi connectivity index (χ0v) is 7.72. The van der Waals surface area contributed by atoms with E-state index in [-0.39, 0.29) is 22.9 Å².